The van der Waals surface area contributed by atoms with E-state index in [2.05, 4.69) is 6.08 Å². The lowest BCUT2D eigenvalue weighted by molar-refractivity contribution is 0.626. The number of nitrogens with two attached hydrogens (primary N) is 1. The van der Waals surface area contributed by atoms with Crippen molar-refractivity contribution in [3.05, 3.63) is 41.2 Å². The van der Waals surface area contributed by atoms with Gasteiger partial charge in [0, 0.05) is 6.04 Å². The SMILES string of the molecule is Cc1ccc(F)cc1C1=CC(N)CCCC1. The zero-order valence-corrected chi connectivity index (χ0v) is 9.67. The van der Waals surface area contributed by atoms with Crippen LogP contribution in [0.5, 0.6) is 0 Å². The molecule has 2 N–H and O–H groups in total. The summed E-state index contributed by atoms with van der Waals surface area (Å²) in [5.74, 6) is -0.167. The Hall–Kier alpha value is -1.15. The van der Waals surface area contributed by atoms with E-state index in [0.29, 0.717) is 0 Å². The summed E-state index contributed by atoms with van der Waals surface area (Å²) >= 11 is 0. The number of aryl methyl sites for hydroxylation is 1. The fourth-order valence-corrected chi connectivity index (χ4v) is 2.29. The molecule has 86 valence electrons. The summed E-state index contributed by atoms with van der Waals surface area (Å²) in [5, 5.41) is 0. The molecular formula is C14H18FN. The van der Waals surface area contributed by atoms with Crippen LogP contribution in [0.1, 0.15) is 36.8 Å². The molecule has 1 aromatic carbocycles. The number of hydrogen-bond acceptors (Lipinski definition) is 1. The second kappa shape index (κ2) is 4.79. The molecule has 1 aromatic rings. The first-order valence-electron chi connectivity index (χ1n) is 5.89. The van der Waals surface area contributed by atoms with Crippen LogP contribution in [0, 0.1) is 12.7 Å². The van der Waals surface area contributed by atoms with Crippen LogP contribution in [-0.4, -0.2) is 6.04 Å². The fourth-order valence-electron chi connectivity index (χ4n) is 2.29. The van der Waals surface area contributed by atoms with Crippen molar-refractivity contribution < 1.29 is 4.39 Å². The quantitative estimate of drug-likeness (QED) is 0.769. The molecule has 0 aromatic heterocycles. The maximum atomic E-state index is 13.2. The van der Waals surface area contributed by atoms with Crippen LogP contribution < -0.4 is 5.73 Å². The molecule has 2 heteroatoms. The van der Waals surface area contributed by atoms with Gasteiger partial charge in [0.1, 0.15) is 5.82 Å². The Bertz CT molecular complexity index is 409. The van der Waals surface area contributed by atoms with Gasteiger partial charge in [-0.15, -0.1) is 0 Å². The third kappa shape index (κ3) is 2.50. The summed E-state index contributed by atoms with van der Waals surface area (Å²) in [6.07, 6.45) is 6.47. The van der Waals surface area contributed by atoms with Gasteiger partial charge >= 0.3 is 0 Å². The Morgan fingerprint density at radius 3 is 2.94 bits per heavy atom. The molecule has 0 saturated heterocycles. The van der Waals surface area contributed by atoms with E-state index in [0.717, 1.165) is 36.8 Å². The van der Waals surface area contributed by atoms with E-state index in [9.17, 15) is 4.39 Å². The van der Waals surface area contributed by atoms with Crippen LogP contribution in [0.2, 0.25) is 0 Å². The Balaban J connectivity index is 2.38. The molecule has 1 aliphatic carbocycles. The molecule has 0 spiro atoms. The van der Waals surface area contributed by atoms with E-state index in [1.54, 1.807) is 6.07 Å². The number of hydrogen-bond donors (Lipinski definition) is 1. The molecule has 0 radical (unpaired) electrons. The lowest BCUT2D eigenvalue weighted by atomic mass is 9.96. The maximum Gasteiger partial charge on any atom is 0.123 e. The van der Waals surface area contributed by atoms with Crippen molar-refractivity contribution in [1.82, 2.24) is 0 Å². The molecule has 0 fully saturated rings. The fraction of sp³-hybridized carbons (Fsp3) is 0.429. The summed E-state index contributed by atoms with van der Waals surface area (Å²) in [5.41, 5.74) is 9.34. The van der Waals surface area contributed by atoms with Gasteiger partial charge in [-0.2, -0.15) is 0 Å². The van der Waals surface area contributed by atoms with Crippen LogP contribution in [-0.2, 0) is 0 Å². The van der Waals surface area contributed by atoms with E-state index < -0.39 is 0 Å². The molecular weight excluding hydrogens is 201 g/mol. The zero-order valence-electron chi connectivity index (χ0n) is 9.67. The van der Waals surface area contributed by atoms with Gasteiger partial charge in [0.2, 0.25) is 0 Å². The summed E-state index contributed by atoms with van der Waals surface area (Å²) < 4.78 is 13.2. The average molecular weight is 219 g/mol. The smallest absolute Gasteiger partial charge is 0.123 e. The summed E-state index contributed by atoms with van der Waals surface area (Å²) in [7, 11) is 0. The first-order valence-corrected chi connectivity index (χ1v) is 5.89. The predicted octanol–water partition coefficient (Wildman–Crippen LogP) is 3.42. The molecule has 1 nitrogen and oxygen atoms in total. The van der Waals surface area contributed by atoms with E-state index >= 15 is 0 Å². The van der Waals surface area contributed by atoms with Crippen molar-refractivity contribution in [3.63, 3.8) is 0 Å². The van der Waals surface area contributed by atoms with Crippen molar-refractivity contribution >= 4 is 5.57 Å². The molecule has 0 amide bonds. The largest absolute Gasteiger partial charge is 0.324 e. The maximum absolute atomic E-state index is 13.2. The van der Waals surface area contributed by atoms with E-state index in [1.165, 1.54) is 11.6 Å². The predicted molar refractivity (Wildman–Crippen MR) is 65.6 cm³/mol. The summed E-state index contributed by atoms with van der Waals surface area (Å²) in [6, 6.07) is 5.09. The molecule has 16 heavy (non-hydrogen) atoms. The average Bonchev–Trinajstić information content (AvgIpc) is 2.46. The molecule has 0 bridgehead atoms. The van der Waals surface area contributed by atoms with Crippen LogP contribution in [0.3, 0.4) is 0 Å². The molecule has 0 aliphatic heterocycles. The van der Waals surface area contributed by atoms with Gasteiger partial charge < -0.3 is 5.73 Å². The van der Waals surface area contributed by atoms with Gasteiger partial charge in [-0.1, -0.05) is 18.6 Å². The summed E-state index contributed by atoms with van der Waals surface area (Å²) in [6.45, 7) is 2.02. The zero-order chi connectivity index (χ0) is 11.5. The second-order valence-electron chi connectivity index (χ2n) is 4.56. The molecule has 1 unspecified atom stereocenters. The molecule has 0 heterocycles. The lowest BCUT2D eigenvalue weighted by Gasteiger charge is -2.10. The number of allylic oxidation sites excluding steroid dienone is 1. The molecule has 1 aliphatic rings. The normalized spacial score (nSPS) is 21.4. The second-order valence-corrected chi connectivity index (χ2v) is 4.56. The first-order chi connectivity index (χ1) is 7.66. The van der Waals surface area contributed by atoms with Gasteiger partial charge in [-0.3, -0.25) is 0 Å². The third-order valence-corrected chi connectivity index (χ3v) is 3.19. The molecule has 0 saturated carbocycles. The minimum atomic E-state index is -0.167. The first kappa shape index (κ1) is 11.3. The van der Waals surface area contributed by atoms with Crippen molar-refractivity contribution in [2.75, 3.05) is 0 Å². The molecule has 1 atom stereocenters. The topological polar surface area (TPSA) is 26.0 Å². The van der Waals surface area contributed by atoms with Crippen LogP contribution in [0.25, 0.3) is 5.57 Å². The Labute approximate surface area is 96.2 Å². The minimum absolute atomic E-state index is 0.125. The standard InChI is InChI=1S/C14H18FN/c1-10-6-7-12(15)9-14(10)11-4-2-3-5-13(16)8-11/h6-9,13H,2-5,16H2,1H3. The van der Waals surface area contributed by atoms with Gasteiger partial charge in [-0.25, -0.2) is 4.39 Å². The third-order valence-electron chi connectivity index (χ3n) is 3.19. The highest BCUT2D eigenvalue weighted by atomic mass is 19.1. The highest BCUT2D eigenvalue weighted by molar-refractivity contribution is 5.69. The van der Waals surface area contributed by atoms with Gasteiger partial charge in [0.15, 0.2) is 0 Å². The van der Waals surface area contributed by atoms with Crippen LogP contribution in [0.15, 0.2) is 24.3 Å². The number of benzene rings is 1. The summed E-state index contributed by atoms with van der Waals surface area (Å²) in [4.78, 5) is 0. The van der Waals surface area contributed by atoms with Gasteiger partial charge in [0.05, 0.1) is 0 Å². The van der Waals surface area contributed by atoms with Crippen molar-refractivity contribution in [2.45, 2.75) is 38.6 Å². The highest BCUT2D eigenvalue weighted by Gasteiger charge is 2.12. The van der Waals surface area contributed by atoms with Crippen molar-refractivity contribution in [2.24, 2.45) is 5.73 Å². The Kier molecular flexibility index (Phi) is 3.39. The van der Waals surface area contributed by atoms with Crippen LogP contribution in [0.4, 0.5) is 4.39 Å². The van der Waals surface area contributed by atoms with Gasteiger partial charge in [0.25, 0.3) is 0 Å². The monoisotopic (exact) mass is 219 g/mol. The Morgan fingerprint density at radius 2 is 2.12 bits per heavy atom. The Morgan fingerprint density at radius 1 is 1.31 bits per heavy atom. The van der Waals surface area contributed by atoms with E-state index in [1.807, 2.05) is 13.0 Å². The number of rotatable bonds is 1. The van der Waals surface area contributed by atoms with Gasteiger partial charge in [-0.05, 0) is 55.0 Å². The van der Waals surface area contributed by atoms with E-state index in [4.69, 9.17) is 5.73 Å². The van der Waals surface area contributed by atoms with Crippen molar-refractivity contribution in [1.29, 1.82) is 0 Å². The molecule has 2 rings (SSSR count). The van der Waals surface area contributed by atoms with Crippen LogP contribution >= 0.6 is 0 Å². The lowest BCUT2D eigenvalue weighted by Crippen LogP contribution is -2.15. The highest BCUT2D eigenvalue weighted by Crippen LogP contribution is 2.28. The number of halogens is 1. The van der Waals surface area contributed by atoms with E-state index in [-0.39, 0.29) is 11.9 Å². The van der Waals surface area contributed by atoms with Crippen molar-refractivity contribution in [3.8, 4) is 0 Å². The minimum Gasteiger partial charge on any atom is -0.324 e.